The van der Waals surface area contributed by atoms with Crippen LogP contribution in [-0.4, -0.2) is 38.0 Å². The van der Waals surface area contributed by atoms with Gasteiger partial charge in [-0.1, -0.05) is 36.4 Å². The monoisotopic (exact) mass is 405 g/mol. The number of nitrogens with zero attached hydrogens (tertiary/aromatic N) is 2. The van der Waals surface area contributed by atoms with E-state index in [2.05, 4.69) is 77.7 Å². The lowest BCUT2D eigenvalue weighted by Crippen LogP contribution is -2.40. The topological polar surface area (TPSA) is 35.6 Å². The van der Waals surface area contributed by atoms with Gasteiger partial charge in [0.15, 0.2) is 0 Å². The Hall–Kier alpha value is -2.63. The number of amides is 1. The third kappa shape index (κ3) is 4.52. The Kier molecular flexibility index (Phi) is 5.97. The van der Waals surface area contributed by atoms with E-state index < -0.39 is 0 Å². The molecule has 5 heteroatoms. The number of rotatable bonds is 6. The van der Waals surface area contributed by atoms with Gasteiger partial charge >= 0.3 is 0 Å². The van der Waals surface area contributed by atoms with E-state index in [4.69, 9.17) is 0 Å². The minimum atomic E-state index is -0.00132. The van der Waals surface area contributed by atoms with Crippen LogP contribution in [0.4, 0.5) is 5.69 Å². The Morgan fingerprint density at radius 2 is 1.86 bits per heavy atom. The number of thiophene rings is 1. The van der Waals surface area contributed by atoms with E-state index in [9.17, 15) is 4.79 Å². The van der Waals surface area contributed by atoms with E-state index in [0.29, 0.717) is 6.54 Å². The zero-order chi connectivity index (χ0) is 20.2. The van der Waals surface area contributed by atoms with Crippen molar-refractivity contribution < 1.29 is 4.79 Å². The summed E-state index contributed by atoms with van der Waals surface area (Å²) in [6, 6.07) is 19.4. The second-order valence-corrected chi connectivity index (χ2v) is 8.49. The molecule has 0 unspecified atom stereocenters. The van der Waals surface area contributed by atoms with E-state index in [1.54, 1.807) is 11.3 Å². The van der Waals surface area contributed by atoms with Crippen LogP contribution in [0.25, 0.3) is 0 Å². The van der Waals surface area contributed by atoms with Crippen LogP contribution in [0, 0.1) is 0 Å². The molecule has 0 spiro atoms. The summed E-state index contributed by atoms with van der Waals surface area (Å²) >= 11 is 1.55. The summed E-state index contributed by atoms with van der Waals surface area (Å²) in [5.74, 6) is -0.00132. The lowest BCUT2D eigenvalue weighted by atomic mass is 9.96. The third-order valence-corrected chi connectivity index (χ3v) is 6.32. The molecule has 4 nitrogen and oxygen atoms in total. The van der Waals surface area contributed by atoms with Crippen LogP contribution in [0.3, 0.4) is 0 Å². The molecule has 1 aromatic heterocycles. The zero-order valence-corrected chi connectivity index (χ0v) is 17.8. The predicted octanol–water partition coefficient (Wildman–Crippen LogP) is 4.34. The fraction of sp³-hybridized carbons (Fsp3) is 0.292. The third-order valence-electron chi connectivity index (χ3n) is 5.63. The molecular formula is C24H27N3OS. The van der Waals surface area contributed by atoms with Crippen molar-refractivity contribution in [1.29, 1.82) is 0 Å². The standard InChI is InChI=1S/C24H27N3OS/c1-26(2)22-9-7-19(8-10-22)23(15-25-24(28)21-12-14-29-17-21)27-13-11-18-5-3-4-6-20(18)16-27/h3-10,12,14,17,23H,11,13,15-16H2,1-2H3,(H,25,28)/t23-/m1/s1. The van der Waals surface area contributed by atoms with E-state index in [1.807, 2.05) is 16.8 Å². The molecule has 0 aliphatic carbocycles. The summed E-state index contributed by atoms with van der Waals surface area (Å²) in [4.78, 5) is 17.1. The minimum Gasteiger partial charge on any atom is -0.378 e. The largest absolute Gasteiger partial charge is 0.378 e. The highest BCUT2D eigenvalue weighted by Gasteiger charge is 2.25. The molecule has 2 heterocycles. The van der Waals surface area contributed by atoms with Crippen molar-refractivity contribution in [3.63, 3.8) is 0 Å². The highest BCUT2D eigenvalue weighted by Crippen LogP contribution is 2.29. The van der Waals surface area contributed by atoms with Crippen LogP contribution < -0.4 is 10.2 Å². The molecule has 1 aliphatic heterocycles. The Bertz CT molecular complexity index is 951. The first-order chi connectivity index (χ1) is 14.1. The van der Waals surface area contributed by atoms with Crippen molar-refractivity contribution in [2.45, 2.75) is 19.0 Å². The maximum Gasteiger partial charge on any atom is 0.252 e. The molecule has 0 fully saturated rings. The number of hydrogen-bond acceptors (Lipinski definition) is 4. The maximum atomic E-state index is 12.5. The van der Waals surface area contributed by atoms with Gasteiger partial charge in [0.25, 0.3) is 5.91 Å². The molecule has 150 valence electrons. The summed E-state index contributed by atoms with van der Waals surface area (Å²) in [6.07, 6.45) is 1.04. The number of nitrogens with one attached hydrogen (secondary N) is 1. The smallest absolute Gasteiger partial charge is 0.252 e. The number of anilines is 1. The molecule has 1 amide bonds. The highest BCUT2D eigenvalue weighted by molar-refractivity contribution is 7.08. The fourth-order valence-corrected chi connectivity index (χ4v) is 4.56. The molecule has 3 aromatic rings. The van der Waals surface area contributed by atoms with Crippen molar-refractivity contribution in [3.05, 3.63) is 87.6 Å². The molecule has 0 saturated carbocycles. The van der Waals surface area contributed by atoms with Crippen molar-refractivity contribution in [1.82, 2.24) is 10.2 Å². The zero-order valence-electron chi connectivity index (χ0n) is 17.0. The molecule has 0 bridgehead atoms. The van der Waals surface area contributed by atoms with Crippen LogP contribution in [0.1, 0.15) is 33.1 Å². The van der Waals surface area contributed by atoms with Crippen molar-refractivity contribution in [3.8, 4) is 0 Å². The molecule has 1 aliphatic rings. The van der Waals surface area contributed by atoms with Crippen LogP contribution >= 0.6 is 11.3 Å². The summed E-state index contributed by atoms with van der Waals surface area (Å²) in [5.41, 5.74) is 5.98. The Morgan fingerprint density at radius 3 is 2.55 bits per heavy atom. The lowest BCUT2D eigenvalue weighted by molar-refractivity contribution is 0.0928. The summed E-state index contributed by atoms with van der Waals surface area (Å²) in [7, 11) is 4.10. The Morgan fingerprint density at radius 1 is 1.10 bits per heavy atom. The molecule has 4 rings (SSSR count). The first-order valence-electron chi connectivity index (χ1n) is 10.0. The van der Waals surface area contributed by atoms with E-state index >= 15 is 0 Å². The number of carbonyl (C=O) groups is 1. The first-order valence-corrected chi connectivity index (χ1v) is 10.9. The normalized spacial score (nSPS) is 14.8. The van der Waals surface area contributed by atoms with Gasteiger partial charge in [-0.25, -0.2) is 0 Å². The lowest BCUT2D eigenvalue weighted by Gasteiger charge is -2.36. The Labute approximate surface area is 176 Å². The number of benzene rings is 2. The number of carbonyl (C=O) groups excluding carboxylic acids is 1. The number of fused-ring (bicyclic) bond motifs is 1. The average molecular weight is 406 g/mol. The van der Waals surface area contributed by atoms with E-state index in [1.165, 1.54) is 22.4 Å². The van der Waals surface area contributed by atoms with Crippen LogP contribution in [-0.2, 0) is 13.0 Å². The SMILES string of the molecule is CN(C)c1ccc([C@@H](CNC(=O)c2ccsc2)N2CCc3ccccc3C2)cc1. The van der Waals surface area contributed by atoms with Gasteiger partial charge in [-0.3, -0.25) is 9.69 Å². The second kappa shape index (κ2) is 8.80. The van der Waals surface area contributed by atoms with Gasteiger partial charge in [0, 0.05) is 50.4 Å². The molecule has 29 heavy (non-hydrogen) atoms. The van der Waals surface area contributed by atoms with Crippen LogP contribution in [0.5, 0.6) is 0 Å². The van der Waals surface area contributed by atoms with Crippen LogP contribution in [0.15, 0.2) is 65.4 Å². The second-order valence-electron chi connectivity index (χ2n) is 7.71. The molecule has 1 atom stereocenters. The Balaban J connectivity index is 1.56. The summed E-state index contributed by atoms with van der Waals surface area (Å²) in [6.45, 7) is 2.49. The highest BCUT2D eigenvalue weighted by atomic mass is 32.1. The van der Waals surface area contributed by atoms with Crippen molar-refractivity contribution >= 4 is 22.9 Å². The van der Waals surface area contributed by atoms with Gasteiger partial charge in [-0.05, 0) is 46.7 Å². The fourth-order valence-electron chi connectivity index (χ4n) is 3.92. The molecule has 1 N–H and O–H groups in total. The van der Waals surface area contributed by atoms with Crippen molar-refractivity contribution in [2.75, 3.05) is 32.1 Å². The minimum absolute atomic E-state index is 0.00132. The molecular weight excluding hydrogens is 378 g/mol. The van der Waals surface area contributed by atoms with E-state index in [0.717, 1.165) is 25.1 Å². The quantitative estimate of drug-likeness (QED) is 0.663. The van der Waals surface area contributed by atoms with Crippen LogP contribution in [0.2, 0.25) is 0 Å². The van der Waals surface area contributed by atoms with Gasteiger partial charge < -0.3 is 10.2 Å². The molecule has 0 saturated heterocycles. The van der Waals surface area contributed by atoms with Gasteiger partial charge in [0.1, 0.15) is 0 Å². The average Bonchev–Trinajstić information content (AvgIpc) is 3.29. The molecule has 0 radical (unpaired) electrons. The first kappa shape index (κ1) is 19.7. The number of hydrogen-bond donors (Lipinski definition) is 1. The predicted molar refractivity (Wildman–Crippen MR) is 121 cm³/mol. The summed E-state index contributed by atoms with van der Waals surface area (Å²) in [5, 5.41) is 6.99. The van der Waals surface area contributed by atoms with Gasteiger partial charge in [-0.15, -0.1) is 0 Å². The molecule has 2 aromatic carbocycles. The van der Waals surface area contributed by atoms with Gasteiger partial charge in [0.2, 0.25) is 0 Å². The van der Waals surface area contributed by atoms with Crippen molar-refractivity contribution in [2.24, 2.45) is 0 Å². The van der Waals surface area contributed by atoms with E-state index in [-0.39, 0.29) is 11.9 Å². The maximum absolute atomic E-state index is 12.5. The van der Waals surface area contributed by atoms with Gasteiger partial charge in [-0.2, -0.15) is 11.3 Å². The van der Waals surface area contributed by atoms with Gasteiger partial charge in [0.05, 0.1) is 6.04 Å². The summed E-state index contributed by atoms with van der Waals surface area (Å²) < 4.78 is 0.